The zero-order chi connectivity index (χ0) is 14.7. The van der Waals surface area contributed by atoms with E-state index in [-0.39, 0.29) is 0 Å². The van der Waals surface area contributed by atoms with E-state index < -0.39 is 0 Å². The molecule has 1 aromatic carbocycles. The first-order valence-electron chi connectivity index (χ1n) is 7.58. The summed E-state index contributed by atoms with van der Waals surface area (Å²) in [4.78, 5) is 0. The third-order valence-electron chi connectivity index (χ3n) is 4.04. The molecule has 1 saturated carbocycles. The van der Waals surface area contributed by atoms with Gasteiger partial charge in [-0.25, -0.2) is 0 Å². The van der Waals surface area contributed by atoms with Gasteiger partial charge in [-0.1, -0.05) is 48.3 Å². The summed E-state index contributed by atoms with van der Waals surface area (Å²) >= 11 is 7.78. The van der Waals surface area contributed by atoms with Crippen molar-refractivity contribution in [2.75, 3.05) is 0 Å². The molecule has 0 N–H and O–H groups in total. The maximum atomic E-state index is 6.03. The van der Waals surface area contributed by atoms with Gasteiger partial charge >= 0.3 is 0 Å². The van der Waals surface area contributed by atoms with Gasteiger partial charge in [0, 0.05) is 23.2 Å². The van der Waals surface area contributed by atoms with Gasteiger partial charge in [-0.3, -0.25) is 0 Å². The number of hydrogen-bond acceptors (Lipinski definition) is 3. The van der Waals surface area contributed by atoms with Crippen molar-refractivity contribution < 1.29 is 0 Å². The first-order chi connectivity index (χ1) is 10.3. The Hall–Kier alpha value is -1.00. The van der Waals surface area contributed by atoms with Crippen molar-refractivity contribution in [1.82, 2.24) is 14.8 Å². The minimum Gasteiger partial charge on any atom is -0.306 e. The lowest BCUT2D eigenvalue weighted by Crippen LogP contribution is -2.06. The lowest BCUT2D eigenvalue weighted by atomic mass is 10.1. The van der Waals surface area contributed by atoms with E-state index in [0.717, 1.165) is 22.5 Å². The van der Waals surface area contributed by atoms with Crippen LogP contribution < -0.4 is 0 Å². The van der Waals surface area contributed by atoms with Crippen LogP contribution in [0.4, 0.5) is 0 Å². The zero-order valence-electron chi connectivity index (χ0n) is 12.3. The molecule has 5 heteroatoms. The molecule has 1 aliphatic carbocycles. The third-order valence-corrected chi connectivity index (χ3v) is 5.31. The smallest absolute Gasteiger partial charge is 0.191 e. The lowest BCUT2D eigenvalue weighted by Gasteiger charge is -2.11. The Morgan fingerprint density at radius 1 is 1.29 bits per heavy atom. The van der Waals surface area contributed by atoms with Crippen molar-refractivity contribution >= 4 is 23.4 Å². The average Bonchev–Trinajstić information content (AvgIpc) is 3.13. The minimum atomic E-state index is 0.609. The van der Waals surface area contributed by atoms with Crippen LogP contribution in [-0.2, 0) is 12.3 Å². The average molecular weight is 322 g/mol. The molecule has 2 aromatic rings. The van der Waals surface area contributed by atoms with Crippen LogP contribution in [0.15, 0.2) is 29.4 Å². The Bertz CT molecular complexity index is 605. The molecule has 21 heavy (non-hydrogen) atoms. The molecule has 3 rings (SSSR count). The highest BCUT2D eigenvalue weighted by Crippen LogP contribution is 2.34. The van der Waals surface area contributed by atoms with Gasteiger partial charge in [0.25, 0.3) is 0 Å². The molecule has 0 bridgehead atoms. The topological polar surface area (TPSA) is 30.7 Å². The highest BCUT2D eigenvalue weighted by atomic mass is 35.5. The quantitative estimate of drug-likeness (QED) is 0.734. The number of halogens is 1. The fraction of sp³-hybridized carbons (Fsp3) is 0.500. The molecule has 0 amide bonds. The third kappa shape index (κ3) is 3.43. The molecule has 0 radical (unpaired) electrons. The Labute approximate surface area is 135 Å². The summed E-state index contributed by atoms with van der Waals surface area (Å²) in [5.41, 5.74) is 1.22. The molecule has 1 fully saturated rings. The largest absolute Gasteiger partial charge is 0.306 e. The van der Waals surface area contributed by atoms with Crippen molar-refractivity contribution in [3.8, 4) is 0 Å². The van der Waals surface area contributed by atoms with Crippen molar-refractivity contribution in [1.29, 1.82) is 0 Å². The molecule has 0 aliphatic heterocycles. The Morgan fingerprint density at radius 3 is 2.81 bits per heavy atom. The van der Waals surface area contributed by atoms with Crippen molar-refractivity contribution in [2.45, 2.75) is 56.0 Å². The van der Waals surface area contributed by atoms with E-state index in [4.69, 9.17) is 11.6 Å². The standard InChI is InChI=1S/C16H20ClN3S/c1-2-20-15(13-7-3-4-8-13)18-19-16(20)21-11-12-6-5-9-14(17)10-12/h5-6,9-10,13H,2-4,7-8,11H2,1H3. The number of nitrogens with zero attached hydrogens (tertiary/aromatic N) is 3. The normalized spacial score (nSPS) is 15.7. The van der Waals surface area contributed by atoms with Gasteiger partial charge in [-0.15, -0.1) is 10.2 Å². The van der Waals surface area contributed by atoms with Gasteiger partial charge in [0.2, 0.25) is 0 Å². The molecular formula is C16H20ClN3S. The molecule has 0 saturated heterocycles. The summed E-state index contributed by atoms with van der Waals surface area (Å²) < 4.78 is 2.28. The van der Waals surface area contributed by atoms with Gasteiger partial charge in [0.15, 0.2) is 5.16 Å². The van der Waals surface area contributed by atoms with Crippen LogP contribution in [-0.4, -0.2) is 14.8 Å². The molecule has 3 nitrogen and oxygen atoms in total. The number of rotatable bonds is 5. The molecule has 112 valence electrons. The molecule has 0 spiro atoms. The van der Waals surface area contributed by atoms with Crippen LogP contribution in [0.2, 0.25) is 5.02 Å². The fourth-order valence-electron chi connectivity index (χ4n) is 2.96. The molecule has 1 aromatic heterocycles. The van der Waals surface area contributed by atoms with Crippen LogP contribution in [0.5, 0.6) is 0 Å². The fourth-order valence-corrected chi connectivity index (χ4v) is 4.13. The van der Waals surface area contributed by atoms with E-state index in [2.05, 4.69) is 27.8 Å². The van der Waals surface area contributed by atoms with E-state index in [0.29, 0.717) is 5.92 Å². The summed E-state index contributed by atoms with van der Waals surface area (Å²) in [6, 6.07) is 8.01. The maximum Gasteiger partial charge on any atom is 0.191 e. The van der Waals surface area contributed by atoms with Crippen LogP contribution in [0.25, 0.3) is 0 Å². The second-order valence-electron chi connectivity index (χ2n) is 5.49. The first kappa shape index (κ1) is 14.9. The van der Waals surface area contributed by atoms with Crippen LogP contribution in [0.1, 0.15) is 49.9 Å². The van der Waals surface area contributed by atoms with Gasteiger partial charge in [-0.05, 0) is 37.5 Å². The molecule has 1 heterocycles. The molecule has 0 atom stereocenters. The number of benzene rings is 1. The summed E-state index contributed by atoms with van der Waals surface area (Å²) in [6.07, 6.45) is 5.17. The monoisotopic (exact) mass is 321 g/mol. The van der Waals surface area contributed by atoms with E-state index in [1.54, 1.807) is 11.8 Å². The summed E-state index contributed by atoms with van der Waals surface area (Å²) in [5, 5.41) is 10.7. The highest BCUT2D eigenvalue weighted by Gasteiger charge is 2.23. The first-order valence-corrected chi connectivity index (χ1v) is 8.94. The van der Waals surface area contributed by atoms with Gasteiger partial charge < -0.3 is 4.57 Å². The van der Waals surface area contributed by atoms with Crippen LogP contribution >= 0.6 is 23.4 Å². The predicted octanol–water partition coefficient (Wildman–Crippen LogP) is 4.90. The van der Waals surface area contributed by atoms with E-state index in [1.165, 1.54) is 37.1 Å². The second-order valence-corrected chi connectivity index (χ2v) is 6.86. The van der Waals surface area contributed by atoms with E-state index >= 15 is 0 Å². The van der Waals surface area contributed by atoms with Gasteiger partial charge in [0.1, 0.15) is 5.82 Å². The SMILES string of the molecule is CCn1c(SCc2cccc(Cl)c2)nnc1C1CCCC1. The Balaban J connectivity index is 1.73. The highest BCUT2D eigenvalue weighted by molar-refractivity contribution is 7.98. The maximum absolute atomic E-state index is 6.03. The lowest BCUT2D eigenvalue weighted by molar-refractivity contribution is 0.576. The molecule has 0 unspecified atom stereocenters. The van der Waals surface area contributed by atoms with Crippen LogP contribution in [0.3, 0.4) is 0 Å². The predicted molar refractivity (Wildman–Crippen MR) is 87.9 cm³/mol. The summed E-state index contributed by atoms with van der Waals surface area (Å²) in [5.74, 6) is 2.67. The van der Waals surface area contributed by atoms with Gasteiger partial charge in [0.05, 0.1) is 0 Å². The van der Waals surface area contributed by atoms with Gasteiger partial charge in [-0.2, -0.15) is 0 Å². The summed E-state index contributed by atoms with van der Waals surface area (Å²) in [7, 11) is 0. The Kier molecular flexibility index (Phi) is 4.86. The number of thioether (sulfide) groups is 1. The van der Waals surface area contributed by atoms with Crippen molar-refractivity contribution in [3.63, 3.8) is 0 Å². The second kappa shape index (κ2) is 6.84. The minimum absolute atomic E-state index is 0.609. The molecule has 1 aliphatic rings. The van der Waals surface area contributed by atoms with Crippen molar-refractivity contribution in [2.24, 2.45) is 0 Å². The summed E-state index contributed by atoms with van der Waals surface area (Å²) in [6.45, 7) is 3.11. The van der Waals surface area contributed by atoms with Crippen LogP contribution in [0, 0.1) is 0 Å². The van der Waals surface area contributed by atoms with Crippen molar-refractivity contribution in [3.05, 3.63) is 40.7 Å². The van der Waals surface area contributed by atoms with E-state index in [9.17, 15) is 0 Å². The Morgan fingerprint density at radius 2 is 2.10 bits per heavy atom. The van der Waals surface area contributed by atoms with E-state index in [1.807, 2.05) is 18.2 Å². The number of aromatic nitrogens is 3. The number of hydrogen-bond donors (Lipinski definition) is 0. The zero-order valence-corrected chi connectivity index (χ0v) is 13.8. The molecular weight excluding hydrogens is 302 g/mol.